The lowest BCUT2D eigenvalue weighted by molar-refractivity contribution is 0.305. The van der Waals surface area contributed by atoms with Crippen LogP contribution in [0.1, 0.15) is 47.9 Å². The molecule has 0 saturated heterocycles. The lowest BCUT2D eigenvalue weighted by Gasteiger charge is -2.14. The number of rotatable bonds is 7. The summed E-state index contributed by atoms with van der Waals surface area (Å²) >= 11 is 0. The molecule has 0 heterocycles. The van der Waals surface area contributed by atoms with Gasteiger partial charge >= 0.3 is 0 Å². The summed E-state index contributed by atoms with van der Waals surface area (Å²) in [6.45, 7) is 6.94. The van der Waals surface area contributed by atoms with E-state index >= 15 is 0 Å². The smallest absolute Gasteiger partial charge is 0.119 e. The zero-order valence-electron chi connectivity index (χ0n) is 14.3. The van der Waals surface area contributed by atoms with Crippen molar-refractivity contribution >= 4 is 0 Å². The van der Waals surface area contributed by atoms with Gasteiger partial charge in [0.15, 0.2) is 0 Å². The Labute approximate surface area is 139 Å². The van der Waals surface area contributed by atoms with E-state index in [4.69, 9.17) is 4.74 Å². The number of hydrogen-bond donors (Lipinski definition) is 0. The molecule has 0 aliphatic heterocycles. The maximum absolute atomic E-state index is 9.48. The molecule has 2 nitrogen and oxygen atoms in total. The van der Waals surface area contributed by atoms with Gasteiger partial charge in [0.25, 0.3) is 0 Å². The molecule has 2 heteroatoms. The Kier molecular flexibility index (Phi) is 6.23. The van der Waals surface area contributed by atoms with E-state index < -0.39 is 0 Å². The first-order chi connectivity index (χ1) is 11.1. The van der Waals surface area contributed by atoms with Gasteiger partial charge in [0.05, 0.1) is 18.6 Å². The van der Waals surface area contributed by atoms with Crippen LogP contribution in [-0.4, -0.2) is 6.61 Å². The predicted molar refractivity (Wildman–Crippen MR) is 94.8 cm³/mol. The minimum atomic E-state index is -0.0547. The van der Waals surface area contributed by atoms with Crippen molar-refractivity contribution in [2.75, 3.05) is 6.61 Å². The van der Waals surface area contributed by atoms with Crippen molar-refractivity contribution in [1.82, 2.24) is 0 Å². The minimum absolute atomic E-state index is 0.0547. The first-order valence-corrected chi connectivity index (χ1v) is 8.32. The van der Waals surface area contributed by atoms with E-state index in [1.165, 1.54) is 16.7 Å². The van der Waals surface area contributed by atoms with E-state index in [1.807, 2.05) is 12.1 Å². The Hall–Kier alpha value is -2.27. The second-order valence-corrected chi connectivity index (χ2v) is 6.03. The van der Waals surface area contributed by atoms with Crippen LogP contribution in [0.15, 0.2) is 42.5 Å². The van der Waals surface area contributed by atoms with Gasteiger partial charge in [0.2, 0.25) is 0 Å². The summed E-state index contributed by atoms with van der Waals surface area (Å²) in [4.78, 5) is 0. The summed E-state index contributed by atoms with van der Waals surface area (Å²) in [5, 5.41) is 9.48. The van der Waals surface area contributed by atoms with Crippen LogP contribution in [0.4, 0.5) is 0 Å². The van der Waals surface area contributed by atoms with Gasteiger partial charge < -0.3 is 4.74 Å². The maximum Gasteiger partial charge on any atom is 0.119 e. The topological polar surface area (TPSA) is 33.0 Å². The average Bonchev–Trinajstić information content (AvgIpc) is 2.58. The third-order valence-corrected chi connectivity index (χ3v) is 4.20. The SMILES string of the molecule is CCc1ccc(OCCCC(C#N)c2cc(C)ccc2C)cc1. The first kappa shape index (κ1) is 17.1. The molecule has 0 aliphatic carbocycles. The standard InChI is InChI=1S/C21H25NO/c1-4-18-9-11-20(12-10-18)23-13-5-6-19(15-22)21-14-16(2)7-8-17(21)3/h7-12,14,19H,4-6,13H2,1-3H3. The van der Waals surface area contributed by atoms with E-state index in [1.54, 1.807) is 0 Å². The third-order valence-electron chi connectivity index (χ3n) is 4.20. The van der Waals surface area contributed by atoms with Crippen LogP contribution in [0.25, 0.3) is 0 Å². The highest BCUT2D eigenvalue weighted by Gasteiger charge is 2.13. The first-order valence-electron chi connectivity index (χ1n) is 8.32. The highest BCUT2D eigenvalue weighted by Crippen LogP contribution is 2.25. The lowest BCUT2D eigenvalue weighted by atomic mass is 9.91. The monoisotopic (exact) mass is 307 g/mol. The molecule has 0 amide bonds. The fourth-order valence-electron chi connectivity index (χ4n) is 2.72. The third kappa shape index (κ3) is 4.86. The van der Waals surface area contributed by atoms with Crippen LogP contribution in [0.2, 0.25) is 0 Å². The molecule has 0 saturated carbocycles. The van der Waals surface area contributed by atoms with Crippen LogP contribution >= 0.6 is 0 Å². The van der Waals surface area contributed by atoms with Gasteiger partial charge in [-0.25, -0.2) is 0 Å². The molecule has 0 bridgehead atoms. The Balaban J connectivity index is 1.86. The summed E-state index contributed by atoms with van der Waals surface area (Å²) in [7, 11) is 0. The van der Waals surface area contributed by atoms with Crippen LogP contribution in [0.3, 0.4) is 0 Å². The van der Waals surface area contributed by atoms with Crippen LogP contribution in [0, 0.1) is 25.2 Å². The zero-order valence-corrected chi connectivity index (χ0v) is 14.3. The van der Waals surface area contributed by atoms with E-state index in [-0.39, 0.29) is 5.92 Å². The van der Waals surface area contributed by atoms with Crippen LogP contribution in [-0.2, 0) is 6.42 Å². The fraction of sp³-hybridized carbons (Fsp3) is 0.381. The minimum Gasteiger partial charge on any atom is -0.494 e. The Morgan fingerprint density at radius 2 is 1.83 bits per heavy atom. The molecule has 120 valence electrons. The molecule has 0 N–H and O–H groups in total. The molecule has 2 rings (SSSR count). The molecule has 0 radical (unpaired) electrons. The molecule has 23 heavy (non-hydrogen) atoms. The van der Waals surface area contributed by atoms with Crippen molar-refractivity contribution in [3.63, 3.8) is 0 Å². The Morgan fingerprint density at radius 1 is 1.09 bits per heavy atom. The number of aryl methyl sites for hydroxylation is 3. The summed E-state index contributed by atoms with van der Waals surface area (Å²) in [5.41, 5.74) is 4.87. The molecular formula is C21H25NO. The van der Waals surface area contributed by atoms with Crippen molar-refractivity contribution in [3.05, 3.63) is 64.7 Å². The van der Waals surface area contributed by atoms with Crippen LogP contribution < -0.4 is 4.74 Å². The summed E-state index contributed by atoms with van der Waals surface area (Å²) in [5.74, 6) is 0.850. The van der Waals surface area contributed by atoms with Gasteiger partial charge in [-0.3, -0.25) is 0 Å². The fourth-order valence-corrected chi connectivity index (χ4v) is 2.72. The van der Waals surface area contributed by atoms with Gasteiger partial charge in [-0.15, -0.1) is 0 Å². The number of nitrogens with zero attached hydrogens (tertiary/aromatic N) is 1. The van der Waals surface area contributed by atoms with Crippen molar-refractivity contribution < 1.29 is 4.74 Å². The van der Waals surface area contributed by atoms with Gasteiger partial charge in [-0.1, -0.05) is 42.8 Å². The van der Waals surface area contributed by atoms with E-state index in [0.717, 1.165) is 30.6 Å². The highest BCUT2D eigenvalue weighted by molar-refractivity contribution is 5.36. The molecule has 1 atom stereocenters. The molecule has 2 aromatic carbocycles. The number of ether oxygens (including phenoxy) is 1. The quantitative estimate of drug-likeness (QED) is 0.647. The molecule has 0 fully saturated rings. The normalized spacial score (nSPS) is 11.7. The Bertz CT molecular complexity index is 667. The average molecular weight is 307 g/mol. The number of benzene rings is 2. The van der Waals surface area contributed by atoms with Crippen molar-refractivity contribution in [2.45, 2.75) is 46.0 Å². The van der Waals surface area contributed by atoms with Gasteiger partial charge in [-0.05, 0) is 61.9 Å². The van der Waals surface area contributed by atoms with Gasteiger partial charge in [0, 0.05) is 0 Å². The zero-order chi connectivity index (χ0) is 16.7. The maximum atomic E-state index is 9.48. The molecule has 2 aromatic rings. The van der Waals surface area contributed by atoms with E-state index in [2.05, 4.69) is 57.2 Å². The van der Waals surface area contributed by atoms with Crippen molar-refractivity contribution in [2.24, 2.45) is 0 Å². The summed E-state index contributed by atoms with van der Waals surface area (Å²) < 4.78 is 5.78. The van der Waals surface area contributed by atoms with Gasteiger partial charge in [0.1, 0.15) is 5.75 Å². The van der Waals surface area contributed by atoms with Crippen LogP contribution in [0.5, 0.6) is 5.75 Å². The molecule has 1 unspecified atom stereocenters. The van der Waals surface area contributed by atoms with Gasteiger partial charge in [-0.2, -0.15) is 5.26 Å². The van der Waals surface area contributed by atoms with Crippen molar-refractivity contribution in [1.29, 1.82) is 5.26 Å². The van der Waals surface area contributed by atoms with E-state index in [9.17, 15) is 5.26 Å². The number of hydrogen-bond acceptors (Lipinski definition) is 2. The van der Waals surface area contributed by atoms with Crippen molar-refractivity contribution in [3.8, 4) is 11.8 Å². The number of nitriles is 1. The Morgan fingerprint density at radius 3 is 2.48 bits per heavy atom. The molecule has 0 aliphatic rings. The summed E-state index contributed by atoms with van der Waals surface area (Å²) in [6, 6.07) is 17.0. The second kappa shape index (κ2) is 8.39. The predicted octanol–water partition coefficient (Wildman–Crippen LogP) is 5.33. The largest absolute Gasteiger partial charge is 0.494 e. The molecule has 0 aromatic heterocycles. The highest BCUT2D eigenvalue weighted by atomic mass is 16.5. The lowest BCUT2D eigenvalue weighted by Crippen LogP contribution is -2.04. The molecular weight excluding hydrogens is 282 g/mol. The second-order valence-electron chi connectivity index (χ2n) is 6.03. The molecule has 0 spiro atoms. The summed E-state index contributed by atoms with van der Waals surface area (Å²) in [6.07, 6.45) is 2.74. The van der Waals surface area contributed by atoms with E-state index in [0.29, 0.717) is 6.61 Å².